The van der Waals surface area contributed by atoms with E-state index in [0.717, 1.165) is 18.7 Å². The molecule has 1 heterocycles. The zero-order valence-corrected chi connectivity index (χ0v) is 21.1. The first-order valence-electron chi connectivity index (χ1n) is 12.5. The number of halogens is 1. The van der Waals surface area contributed by atoms with Crippen molar-refractivity contribution in [3.8, 4) is 17.0 Å². The highest BCUT2D eigenvalue weighted by atomic mass is 19.1. The number of phenols is 1. The van der Waals surface area contributed by atoms with Crippen LogP contribution in [0.4, 0.5) is 10.2 Å². The maximum absolute atomic E-state index is 14.5. The minimum atomic E-state index is -0.616. The zero-order valence-electron chi connectivity index (χ0n) is 21.1. The van der Waals surface area contributed by atoms with Crippen LogP contribution in [-0.4, -0.2) is 41.3 Å². The maximum atomic E-state index is 14.5. The van der Waals surface area contributed by atoms with Gasteiger partial charge >= 0.3 is 0 Å². The molecule has 1 saturated carbocycles. The van der Waals surface area contributed by atoms with Crippen molar-refractivity contribution in [1.29, 1.82) is 0 Å². The van der Waals surface area contributed by atoms with E-state index in [4.69, 9.17) is 0 Å². The van der Waals surface area contributed by atoms with E-state index >= 15 is 0 Å². The maximum Gasteiger partial charge on any atom is 0.254 e. The van der Waals surface area contributed by atoms with Crippen LogP contribution in [0.3, 0.4) is 0 Å². The van der Waals surface area contributed by atoms with Gasteiger partial charge in [0.25, 0.3) is 5.91 Å². The van der Waals surface area contributed by atoms with Gasteiger partial charge in [0.15, 0.2) is 5.82 Å². The first kappa shape index (κ1) is 24.9. The molecule has 1 aliphatic carbocycles. The molecule has 7 heteroatoms. The van der Waals surface area contributed by atoms with Gasteiger partial charge in [-0.1, -0.05) is 33.1 Å². The standard InChI is InChI=1S/C28H35FN4O2/c1-5-11-28(2)12-7-6-8-20(17-28)33(4)26-10-9-24(31-32-26)22-14-18-15-23(29)21(27(35)30-3)13-19(18)16-25(22)34/h9-10,13-16,20,34H,5-8,11-12,17H2,1-4H3,(H,30,35)/t20-,28+/m0/s1. The first-order chi connectivity index (χ1) is 16.7. The highest BCUT2D eigenvalue weighted by molar-refractivity contribution is 6.00. The van der Waals surface area contributed by atoms with Crippen LogP contribution in [0.2, 0.25) is 0 Å². The van der Waals surface area contributed by atoms with Gasteiger partial charge in [-0.15, -0.1) is 10.2 Å². The number of benzene rings is 2. The highest BCUT2D eigenvalue weighted by Gasteiger charge is 2.32. The third-order valence-corrected chi connectivity index (χ3v) is 7.50. The van der Waals surface area contributed by atoms with E-state index in [1.807, 2.05) is 12.1 Å². The topological polar surface area (TPSA) is 78.4 Å². The molecule has 0 radical (unpaired) electrons. The molecule has 1 aromatic heterocycles. The molecule has 2 N–H and O–H groups in total. The van der Waals surface area contributed by atoms with E-state index < -0.39 is 11.7 Å². The van der Waals surface area contributed by atoms with Crippen molar-refractivity contribution >= 4 is 22.5 Å². The molecule has 186 valence electrons. The Morgan fingerprint density at radius 1 is 1.20 bits per heavy atom. The Labute approximate surface area is 206 Å². The predicted molar refractivity (Wildman–Crippen MR) is 138 cm³/mol. The Morgan fingerprint density at radius 3 is 2.66 bits per heavy atom. The molecule has 3 aromatic rings. The number of hydrogen-bond acceptors (Lipinski definition) is 5. The number of rotatable bonds is 6. The number of fused-ring (bicyclic) bond motifs is 1. The summed E-state index contributed by atoms with van der Waals surface area (Å²) in [6.45, 7) is 4.68. The molecule has 2 atom stereocenters. The Hall–Kier alpha value is -3.22. The van der Waals surface area contributed by atoms with E-state index in [2.05, 4.69) is 41.3 Å². The number of phenolic OH excluding ortho intramolecular Hbond substituents is 1. The van der Waals surface area contributed by atoms with Gasteiger partial charge in [0.1, 0.15) is 11.6 Å². The summed E-state index contributed by atoms with van der Waals surface area (Å²) in [6.07, 6.45) is 8.52. The van der Waals surface area contributed by atoms with Crippen LogP contribution >= 0.6 is 0 Å². The summed E-state index contributed by atoms with van der Waals surface area (Å²) in [6, 6.07) is 10.1. The molecule has 0 spiro atoms. The summed E-state index contributed by atoms with van der Waals surface area (Å²) in [5.74, 6) is -0.320. The van der Waals surface area contributed by atoms with Crippen molar-refractivity contribution in [3.63, 3.8) is 0 Å². The van der Waals surface area contributed by atoms with E-state index in [9.17, 15) is 14.3 Å². The van der Waals surface area contributed by atoms with Crippen LogP contribution in [0.5, 0.6) is 5.75 Å². The molecule has 1 amide bonds. The number of anilines is 1. The number of carbonyl (C=O) groups is 1. The van der Waals surface area contributed by atoms with Crippen molar-refractivity contribution in [2.24, 2.45) is 5.41 Å². The molecule has 1 fully saturated rings. The van der Waals surface area contributed by atoms with Gasteiger partial charge in [0, 0.05) is 25.7 Å². The van der Waals surface area contributed by atoms with Crippen molar-refractivity contribution in [3.05, 3.63) is 47.8 Å². The van der Waals surface area contributed by atoms with Gasteiger partial charge in [0.05, 0.1) is 11.3 Å². The number of carbonyl (C=O) groups excluding carboxylic acids is 1. The summed E-state index contributed by atoms with van der Waals surface area (Å²) >= 11 is 0. The molecule has 0 saturated heterocycles. The van der Waals surface area contributed by atoms with E-state index in [0.29, 0.717) is 33.5 Å². The van der Waals surface area contributed by atoms with Crippen molar-refractivity contribution < 1.29 is 14.3 Å². The van der Waals surface area contributed by atoms with Crippen LogP contribution in [0, 0.1) is 11.2 Å². The normalized spacial score (nSPS) is 20.4. The number of nitrogens with one attached hydrogen (secondary N) is 1. The molecule has 2 aromatic carbocycles. The van der Waals surface area contributed by atoms with Gasteiger partial charge in [-0.2, -0.15) is 0 Å². The van der Waals surface area contributed by atoms with Crippen LogP contribution in [0.25, 0.3) is 22.0 Å². The fraction of sp³-hybridized carbons (Fsp3) is 0.464. The molecule has 0 unspecified atom stereocenters. The van der Waals surface area contributed by atoms with E-state index in [1.165, 1.54) is 57.4 Å². The summed E-state index contributed by atoms with van der Waals surface area (Å²) < 4.78 is 14.5. The van der Waals surface area contributed by atoms with Crippen LogP contribution in [0.1, 0.15) is 69.2 Å². The summed E-state index contributed by atoms with van der Waals surface area (Å²) in [4.78, 5) is 14.1. The predicted octanol–water partition coefficient (Wildman–Crippen LogP) is 6.08. The lowest BCUT2D eigenvalue weighted by molar-refractivity contribution is 0.0959. The summed E-state index contributed by atoms with van der Waals surface area (Å²) in [5, 5.41) is 23.1. The molecule has 4 rings (SSSR count). The second-order valence-corrected chi connectivity index (χ2v) is 10.2. The Bertz CT molecular complexity index is 1210. The number of amides is 1. The zero-order chi connectivity index (χ0) is 25.2. The van der Waals surface area contributed by atoms with Crippen molar-refractivity contribution in [1.82, 2.24) is 15.5 Å². The lowest BCUT2D eigenvalue weighted by Crippen LogP contribution is -2.36. The van der Waals surface area contributed by atoms with E-state index in [1.54, 1.807) is 6.07 Å². The number of aromatic hydroxyl groups is 1. The SMILES string of the molecule is CCC[C@]1(C)CCCC[C@H](N(C)c2ccc(-c3cc4cc(F)c(C(=O)NC)cc4cc3O)nn2)C1. The van der Waals surface area contributed by atoms with Crippen molar-refractivity contribution in [2.75, 3.05) is 19.0 Å². The lowest BCUT2D eigenvalue weighted by atomic mass is 9.77. The quantitative estimate of drug-likeness (QED) is 0.420. The van der Waals surface area contributed by atoms with Gasteiger partial charge in [-0.25, -0.2) is 4.39 Å². The van der Waals surface area contributed by atoms with Gasteiger partial charge in [0.2, 0.25) is 0 Å². The second kappa shape index (κ2) is 10.2. The summed E-state index contributed by atoms with van der Waals surface area (Å²) in [5.41, 5.74) is 1.28. The Kier molecular flexibility index (Phi) is 7.24. The molecule has 35 heavy (non-hydrogen) atoms. The molecule has 0 aliphatic heterocycles. The molecular formula is C28H35FN4O2. The highest BCUT2D eigenvalue weighted by Crippen LogP contribution is 2.40. The molecule has 0 bridgehead atoms. The van der Waals surface area contributed by atoms with Crippen LogP contribution in [0.15, 0.2) is 36.4 Å². The van der Waals surface area contributed by atoms with Crippen molar-refractivity contribution in [2.45, 2.75) is 64.8 Å². The minimum Gasteiger partial charge on any atom is -0.507 e. The monoisotopic (exact) mass is 478 g/mol. The third-order valence-electron chi connectivity index (χ3n) is 7.50. The summed E-state index contributed by atoms with van der Waals surface area (Å²) in [7, 11) is 3.54. The smallest absolute Gasteiger partial charge is 0.254 e. The minimum absolute atomic E-state index is 0.00136. The lowest BCUT2D eigenvalue weighted by Gasteiger charge is -2.35. The number of nitrogens with zero attached hydrogens (tertiary/aromatic N) is 3. The van der Waals surface area contributed by atoms with Gasteiger partial charge in [-0.3, -0.25) is 4.79 Å². The van der Waals surface area contributed by atoms with Gasteiger partial charge < -0.3 is 15.3 Å². The van der Waals surface area contributed by atoms with E-state index in [-0.39, 0.29) is 11.3 Å². The van der Waals surface area contributed by atoms with Gasteiger partial charge in [-0.05, 0) is 78.3 Å². The Morgan fingerprint density at radius 2 is 1.97 bits per heavy atom. The molecule has 6 nitrogen and oxygen atoms in total. The number of aromatic nitrogens is 2. The largest absolute Gasteiger partial charge is 0.507 e. The molecule has 1 aliphatic rings. The fourth-order valence-electron chi connectivity index (χ4n) is 5.53. The second-order valence-electron chi connectivity index (χ2n) is 10.2. The average Bonchev–Trinajstić information content (AvgIpc) is 3.04. The average molecular weight is 479 g/mol. The fourth-order valence-corrected chi connectivity index (χ4v) is 5.53. The third kappa shape index (κ3) is 5.24. The van der Waals surface area contributed by atoms with Crippen LogP contribution < -0.4 is 10.2 Å². The first-order valence-corrected chi connectivity index (χ1v) is 12.5. The number of hydrogen-bond donors (Lipinski definition) is 2. The molecular weight excluding hydrogens is 443 g/mol. The van der Waals surface area contributed by atoms with Crippen LogP contribution in [-0.2, 0) is 0 Å². The Balaban J connectivity index is 1.60.